The Morgan fingerprint density at radius 2 is 2.07 bits per heavy atom. The second-order valence-corrected chi connectivity index (χ2v) is 8.57. The van der Waals surface area contributed by atoms with Crippen molar-refractivity contribution >= 4 is 27.2 Å². The predicted octanol–water partition coefficient (Wildman–Crippen LogP) is 3.97. The van der Waals surface area contributed by atoms with Crippen molar-refractivity contribution in [2.75, 3.05) is 19.6 Å². The maximum Gasteiger partial charge on any atom is 0.261 e. The lowest BCUT2D eigenvalue weighted by molar-refractivity contribution is 0.215. The molecule has 1 N–H and O–H groups in total. The molecule has 0 bridgehead atoms. The largest absolute Gasteiger partial charge is 0.361 e. The van der Waals surface area contributed by atoms with Crippen LogP contribution in [0.3, 0.4) is 0 Å². The maximum absolute atomic E-state index is 12.7. The first-order valence-electron chi connectivity index (χ1n) is 9.94. The van der Waals surface area contributed by atoms with Crippen molar-refractivity contribution in [2.24, 2.45) is 0 Å². The lowest BCUT2D eigenvalue weighted by Gasteiger charge is -2.32. The van der Waals surface area contributed by atoms with E-state index in [1.807, 2.05) is 18.5 Å². The number of aromatic amines is 1. The van der Waals surface area contributed by atoms with Crippen LogP contribution >= 0.6 is 11.3 Å². The number of nitrogens with zero attached hydrogens (tertiary/aromatic N) is 3. The van der Waals surface area contributed by atoms with Gasteiger partial charge in [-0.2, -0.15) is 0 Å². The summed E-state index contributed by atoms with van der Waals surface area (Å²) in [6.45, 7) is 5.05. The number of fused-ring (bicyclic) bond motifs is 2. The molecule has 1 fully saturated rings. The van der Waals surface area contributed by atoms with Crippen molar-refractivity contribution in [1.29, 1.82) is 0 Å². The summed E-state index contributed by atoms with van der Waals surface area (Å²) in [4.78, 5) is 24.0. The van der Waals surface area contributed by atoms with Gasteiger partial charge < -0.3 is 9.88 Å². The van der Waals surface area contributed by atoms with Crippen LogP contribution in [0.4, 0.5) is 0 Å². The van der Waals surface area contributed by atoms with Crippen LogP contribution in [-0.2, 0) is 6.42 Å². The standard InChI is InChI=1S/C22H24N4OS/c1-15-17(21(27)26-12-13-28-22(26)24-15)8-11-25-9-6-16(7-10-25)19-14-23-20-5-3-2-4-18(19)20/h2-5,12-14,16,23H,6-11H2,1H3. The minimum Gasteiger partial charge on any atom is -0.361 e. The maximum atomic E-state index is 12.7. The number of thiazole rings is 1. The van der Waals surface area contributed by atoms with E-state index in [4.69, 9.17) is 0 Å². The second-order valence-electron chi connectivity index (χ2n) is 7.69. The van der Waals surface area contributed by atoms with Crippen LogP contribution in [0.25, 0.3) is 15.9 Å². The second kappa shape index (κ2) is 7.18. The van der Waals surface area contributed by atoms with E-state index in [2.05, 4.69) is 45.3 Å². The van der Waals surface area contributed by atoms with Gasteiger partial charge in [0.1, 0.15) is 0 Å². The number of hydrogen-bond acceptors (Lipinski definition) is 4. The summed E-state index contributed by atoms with van der Waals surface area (Å²) >= 11 is 1.51. The highest BCUT2D eigenvalue weighted by molar-refractivity contribution is 7.15. The molecule has 4 aromatic rings. The molecule has 3 aromatic heterocycles. The Labute approximate surface area is 167 Å². The fraction of sp³-hybridized carbons (Fsp3) is 0.364. The van der Waals surface area contributed by atoms with Crippen LogP contribution in [0.2, 0.25) is 0 Å². The molecule has 1 aromatic carbocycles. The Kier molecular flexibility index (Phi) is 4.53. The number of likely N-dealkylation sites (tertiary alicyclic amines) is 1. The van der Waals surface area contributed by atoms with Crippen LogP contribution in [0, 0.1) is 6.92 Å². The Morgan fingerprint density at radius 1 is 1.25 bits per heavy atom. The van der Waals surface area contributed by atoms with Gasteiger partial charge in [0.2, 0.25) is 0 Å². The molecule has 0 amide bonds. The first-order valence-corrected chi connectivity index (χ1v) is 10.8. The molecule has 1 aliphatic rings. The summed E-state index contributed by atoms with van der Waals surface area (Å²) in [5, 5.41) is 3.28. The van der Waals surface area contributed by atoms with E-state index < -0.39 is 0 Å². The van der Waals surface area contributed by atoms with Gasteiger partial charge in [-0.25, -0.2) is 4.98 Å². The molecule has 0 atom stereocenters. The van der Waals surface area contributed by atoms with Gasteiger partial charge in [-0.3, -0.25) is 9.20 Å². The van der Waals surface area contributed by atoms with Crippen LogP contribution in [0.1, 0.15) is 35.6 Å². The molecule has 0 aliphatic carbocycles. The minimum atomic E-state index is 0.0948. The lowest BCUT2D eigenvalue weighted by atomic mass is 9.89. The average molecular weight is 393 g/mol. The normalized spacial score (nSPS) is 16.3. The summed E-state index contributed by atoms with van der Waals surface area (Å²) < 4.78 is 1.68. The molecule has 1 aliphatic heterocycles. The number of hydrogen-bond donors (Lipinski definition) is 1. The summed E-state index contributed by atoms with van der Waals surface area (Å²) in [6, 6.07) is 8.57. The van der Waals surface area contributed by atoms with Crippen LogP contribution < -0.4 is 5.56 Å². The average Bonchev–Trinajstić information content (AvgIpc) is 3.35. The molecule has 0 radical (unpaired) electrons. The van der Waals surface area contributed by atoms with E-state index in [-0.39, 0.29) is 5.56 Å². The van der Waals surface area contributed by atoms with E-state index in [0.717, 1.165) is 42.3 Å². The van der Waals surface area contributed by atoms with Gasteiger partial charge >= 0.3 is 0 Å². The zero-order chi connectivity index (χ0) is 19.1. The van der Waals surface area contributed by atoms with Crippen LogP contribution in [0.5, 0.6) is 0 Å². The molecule has 144 valence electrons. The summed E-state index contributed by atoms with van der Waals surface area (Å²) in [7, 11) is 0. The first kappa shape index (κ1) is 17.6. The van der Waals surface area contributed by atoms with E-state index in [1.54, 1.807) is 4.40 Å². The van der Waals surface area contributed by atoms with E-state index in [9.17, 15) is 4.79 Å². The quantitative estimate of drug-likeness (QED) is 0.572. The first-order chi connectivity index (χ1) is 13.7. The van der Waals surface area contributed by atoms with Crippen LogP contribution in [-0.4, -0.2) is 38.9 Å². The zero-order valence-corrected chi connectivity index (χ0v) is 16.8. The number of aryl methyl sites for hydroxylation is 1. The molecule has 5 nitrogen and oxygen atoms in total. The van der Waals surface area contributed by atoms with E-state index >= 15 is 0 Å². The molecule has 0 spiro atoms. The number of benzene rings is 1. The fourth-order valence-corrected chi connectivity index (χ4v) is 5.23. The third kappa shape index (κ3) is 3.06. The SMILES string of the molecule is Cc1nc2sccn2c(=O)c1CCN1CCC(c2c[nH]c3ccccc23)CC1. The molecule has 28 heavy (non-hydrogen) atoms. The predicted molar refractivity (Wildman–Crippen MR) is 114 cm³/mol. The number of para-hydroxylation sites is 1. The van der Waals surface area contributed by atoms with Crippen molar-refractivity contribution in [1.82, 2.24) is 19.3 Å². The van der Waals surface area contributed by atoms with Crippen molar-refractivity contribution in [3.63, 3.8) is 0 Å². The molecule has 0 unspecified atom stereocenters. The highest BCUT2D eigenvalue weighted by Crippen LogP contribution is 2.33. The van der Waals surface area contributed by atoms with E-state index in [0.29, 0.717) is 5.92 Å². The summed E-state index contributed by atoms with van der Waals surface area (Å²) in [5.41, 5.74) is 4.51. The molecule has 5 rings (SSSR count). The van der Waals surface area contributed by atoms with Gasteiger partial charge in [-0.1, -0.05) is 18.2 Å². The Hall–Kier alpha value is -2.44. The Balaban J connectivity index is 1.25. The molecule has 4 heterocycles. The molecule has 0 saturated carbocycles. The number of rotatable bonds is 4. The van der Waals surface area contributed by atoms with Crippen molar-refractivity contribution in [3.05, 3.63) is 69.2 Å². The van der Waals surface area contributed by atoms with Gasteiger partial charge in [0.05, 0.1) is 0 Å². The molecule has 6 heteroatoms. The fourth-order valence-electron chi connectivity index (χ4n) is 4.48. The number of nitrogens with one attached hydrogen (secondary N) is 1. The summed E-state index contributed by atoms with van der Waals surface area (Å²) in [6.07, 6.45) is 7.12. The van der Waals surface area contributed by atoms with Crippen molar-refractivity contribution in [2.45, 2.75) is 32.1 Å². The highest BCUT2D eigenvalue weighted by atomic mass is 32.1. The lowest BCUT2D eigenvalue weighted by Crippen LogP contribution is -2.35. The van der Waals surface area contributed by atoms with Gasteiger partial charge in [0.15, 0.2) is 4.96 Å². The van der Waals surface area contributed by atoms with Gasteiger partial charge in [0, 0.05) is 46.5 Å². The Morgan fingerprint density at radius 3 is 2.93 bits per heavy atom. The molecule has 1 saturated heterocycles. The Bertz CT molecular complexity index is 1180. The third-order valence-electron chi connectivity index (χ3n) is 6.09. The topological polar surface area (TPSA) is 53.4 Å². The van der Waals surface area contributed by atoms with Gasteiger partial charge in [0.25, 0.3) is 5.56 Å². The zero-order valence-electron chi connectivity index (χ0n) is 16.0. The minimum absolute atomic E-state index is 0.0948. The smallest absolute Gasteiger partial charge is 0.261 e. The van der Waals surface area contributed by atoms with Crippen molar-refractivity contribution < 1.29 is 0 Å². The number of H-pyrrole nitrogens is 1. The van der Waals surface area contributed by atoms with Crippen molar-refractivity contribution in [3.8, 4) is 0 Å². The highest BCUT2D eigenvalue weighted by Gasteiger charge is 2.23. The number of aromatic nitrogens is 3. The summed E-state index contributed by atoms with van der Waals surface area (Å²) in [5.74, 6) is 0.614. The van der Waals surface area contributed by atoms with Gasteiger partial charge in [-0.05, 0) is 56.8 Å². The van der Waals surface area contributed by atoms with Gasteiger partial charge in [-0.15, -0.1) is 11.3 Å². The van der Waals surface area contributed by atoms with Crippen LogP contribution in [0.15, 0.2) is 46.8 Å². The monoisotopic (exact) mass is 392 g/mol. The van der Waals surface area contributed by atoms with E-state index in [1.165, 1.54) is 40.6 Å². The molecular formula is C22H24N4OS. The third-order valence-corrected chi connectivity index (χ3v) is 6.85. The molecular weight excluding hydrogens is 368 g/mol. The number of piperidine rings is 1.